The van der Waals surface area contributed by atoms with Crippen molar-refractivity contribution in [1.29, 1.82) is 0 Å². The van der Waals surface area contributed by atoms with Crippen LogP contribution in [0.4, 0.5) is 0 Å². The molecule has 0 bridgehead atoms. The van der Waals surface area contributed by atoms with Gasteiger partial charge in [0.15, 0.2) is 0 Å². The summed E-state index contributed by atoms with van der Waals surface area (Å²) in [5.41, 5.74) is 5.24. The summed E-state index contributed by atoms with van der Waals surface area (Å²) in [4.78, 5) is 8.57. The van der Waals surface area contributed by atoms with Crippen molar-refractivity contribution in [2.45, 2.75) is 6.42 Å². The standard InChI is InChI=1S/C5H15N2O3PS.3H2O/c6-2-1-3-7-4-5-10-11(8,9)12;;;/h7H,1-6H2,(H2,8,9,12);3*1H2. The normalized spacial score (nSPS) is 12.7. The predicted octanol–water partition coefficient (Wildman–Crippen LogP) is -2.50. The maximum Gasteiger partial charge on any atom is 0.383 e. The Bertz CT molecular complexity index is 156. The molecule has 8 nitrogen and oxygen atoms in total. The Morgan fingerprint density at radius 3 is 2.27 bits per heavy atom. The van der Waals surface area contributed by atoms with Crippen molar-refractivity contribution in [3.8, 4) is 0 Å². The molecular formula is C5H21N2O6PS. The number of thiol groups is 1. The van der Waals surface area contributed by atoms with E-state index >= 15 is 0 Å². The number of hydrogen-bond donors (Lipinski definition) is 4. The highest BCUT2D eigenvalue weighted by molar-refractivity contribution is 8.44. The minimum absolute atomic E-state index is 0. The molecule has 0 fully saturated rings. The average Bonchev–Trinajstić information content (AvgIpc) is 1.94. The summed E-state index contributed by atoms with van der Waals surface area (Å²) >= 11 is 3.34. The lowest BCUT2D eigenvalue weighted by Crippen LogP contribution is -2.22. The van der Waals surface area contributed by atoms with Gasteiger partial charge in [0.2, 0.25) is 0 Å². The van der Waals surface area contributed by atoms with Crippen LogP contribution in [0.2, 0.25) is 0 Å². The third kappa shape index (κ3) is 25.0. The smallest absolute Gasteiger partial charge is 0.383 e. The van der Waals surface area contributed by atoms with Gasteiger partial charge in [-0.15, -0.1) is 0 Å². The van der Waals surface area contributed by atoms with Crippen LogP contribution < -0.4 is 11.1 Å². The summed E-state index contributed by atoms with van der Waals surface area (Å²) in [5.74, 6) is 0. The summed E-state index contributed by atoms with van der Waals surface area (Å²) in [6.45, 7) is -1.44. The van der Waals surface area contributed by atoms with Crippen LogP contribution in [0.25, 0.3) is 0 Å². The SMILES string of the molecule is NCCCNCCOP(=O)(O)S.O.O.O. The van der Waals surface area contributed by atoms with E-state index in [0.29, 0.717) is 13.1 Å². The molecule has 0 rings (SSSR count). The second kappa shape index (κ2) is 14.3. The van der Waals surface area contributed by atoms with Crippen LogP contribution in [-0.2, 0) is 9.09 Å². The maximum atomic E-state index is 10.5. The predicted molar refractivity (Wildman–Crippen MR) is 62.1 cm³/mol. The number of hydrogen-bond acceptors (Lipinski definition) is 4. The summed E-state index contributed by atoms with van der Waals surface area (Å²) in [6, 6.07) is 0. The molecule has 1 unspecified atom stereocenters. The van der Waals surface area contributed by atoms with Gasteiger partial charge in [-0.05, 0) is 19.5 Å². The van der Waals surface area contributed by atoms with Gasteiger partial charge in [-0.3, -0.25) is 4.52 Å². The number of rotatable bonds is 7. The van der Waals surface area contributed by atoms with Crippen LogP contribution in [0, 0.1) is 0 Å². The minimum atomic E-state index is -3.59. The first kappa shape index (κ1) is 24.5. The van der Waals surface area contributed by atoms with Crippen LogP contribution in [0.3, 0.4) is 0 Å². The molecule has 0 aliphatic carbocycles. The van der Waals surface area contributed by atoms with Crippen molar-refractivity contribution in [3.05, 3.63) is 0 Å². The lowest BCUT2D eigenvalue weighted by molar-refractivity contribution is 0.275. The third-order valence-electron chi connectivity index (χ3n) is 1.10. The van der Waals surface area contributed by atoms with E-state index in [9.17, 15) is 4.57 Å². The molecular weight excluding hydrogens is 247 g/mol. The summed E-state index contributed by atoms with van der Waals surface area (Å²) in [7, 11) is 0. The van der Waals surface area contributed by atoms with Gasteiger partial charge >= 0.3 is 6.80 Å². The van der Waals surface area contributed by atoms with Gasteiger partial charge in [0.1, 0.15) is 0 Å². The second-order valence-electron chi connectivity index (χ2n) is 2.22. The molecule has 0 radical (unpaired) electrons. The molecule has 0 heterocycles. The Morgan fingerprint density at radius 2 is 1.87 bits per heavy atom. The average molecular weight is 268 g/mol. The molecule has 0 aromatic rings. The van der Waals surface area contributed by atoms with Gasteiger partial charge in [0.25, 0.3) is 0 Å². The van der Waals surface area contributed by atoms with Crippen molar-refractivity contribution in [2.24, 2.45) is 5.73 Å². The van der Waals surface area contributed by atoms with Gasteiger partial charge in [-0.25, -0.2) is 4.57 Å². The Morgan fingerprint density at radius 1 is 1.33 bits per heavy atom. The highest BCUT2D eigenvalue weighted by Gasteiger charge is 2.09. The quantitative estimate of drug-likeness (QED) is 0.226. The highest BCUT2D eigenvalue weighted by Crippen LogP contribution is 2.46. The first-order valence-electron chi connectivity index (χ1n) is 3.67. The van der Waals surface area contributed by atoms with Crippen LogP contribution in [-0.4, -0.2) is 47.6 Å². The Balaban J connectivity index is -0.000000202. The first-order chi connectivity index (χ1) is 5.56. The molecule has 0 saturated carbocycles. The van der Waals surface area contributed by atoms with Gasteiger partial charge in [0.05, 0.1) is 6.61 Å². The van der Waals surface area contributed by atoms with E-state index in [-0.39, 0.29) is 23.0 Å². The van der Waals surface area contributed by atoms with E-state index in [4.69, 9.17) is 10.6 Å². The molecule has 0 aliphatic rings. The lowest BCUT2D eigenvalue weighted by atomic mass is 10.4. The van der Waals surface area contributed by atoms with E-state index in [0.717, 1.165) is 13.0 Å². The molecule has 10 N–H and O–H groups in total. The van der Waals surface area contributed by atoms with Crippen LogP contribution >= 0.6 is 19.0 Å². The van der Waals surface area contributed by atoms with Crippen molar-refractivity contribution in [1.82, 2.24) is 5.32 Å². The molecule has 15 heavy (non-hydrogen) atoms. The largest absolute Gasteiger partial charge is 0.412 e. The van der Waals surface area contributed by atoms with Gasteiger partial charge in [-0.2, -0.15) is 0 Å². The fourth-order valence-corrected chi connectivity index (χ4v) is 1.16. The molecule has 98 valence electrons. The molecule has 10 heteroatoms. The van der Waals surface area contributed by atoms with Crippen molar-refractivity contribution in [3.63, 3.8) is 0 Å². The van der Waals surface area contributed by atoms with Crippen molar-refractivity contribution >= 4 is 19.0 Å². The maximum absolute atomic E-state index is 10.5. The van der Waals surface area contributed by atoms with Gasteiger partial charge in [-0.1, -0.05) is 12.2 Å². The summed E-state index contributed by atoms with van der Waals surface area (Å²) in [6.07, 6.45) is 0.887. The summed E-state index contributed by atoms with van der Waals surface area (Å²) in [5, 5.41) is 2.99. The van der Waals surface area contributed by atoms with E-state index in [1.165, 1.54) is 0 Å². The molecule has 0 aliphatic heterocycles. The Kier molecular flexibility index (Phi) is 23.4. The van der Waals surface area contributed by atoms with Gasteiger partial charge in [0, 0.05) is 6.54 Å². The molecule has 0 spiro atoms. The number of nitrogens with one attached hydrogen (secondary N) is 1. The Hall–Kier alpha value is 0.300. The van der Waals surface area contributed by atoms with Crippen molar-refractivity contribution < 1.29 is 30.4 Å². The molecule has 0 aromatic carbocycles. The molecule has 0 saturated heterocycles. The zero-order chi connectivity index (χ0) is 9.45. The molecule has 1 atom stereocenters. The molecule has 0 amide bonds. The molecule has 0 aromatic heterocycles. The fourth-order valence-electron chi connectivity index (χ4n) is 0.589. The summed E-state index contributed by atoms with van der Waals surface area (Å²) < 4.78 is 14.9. The third-order valence-corrected chi connectivity index (χ3v) is 1.96. The Labute approximate surface area is 93.8 Å². The fraction of sp³-hybridized carbons (Fsp3) is 1.00. The zero-order valence-corrected chi connectivity index (χ0v) is 10.1. The van der Waals surface area contributed by atoms with E-state index in [1.807, 2.05) is 0 Å². The number of nitrogens with two attached hydrogens (primary N) is 1. The topological polar surface area (TPSA) is 179 Å². The van der Waals surface area contributed by atoms with Crippen molar-refractivity contribution in [2.75, 3.05) is 26.2 Å². The van der Waals surface area contributed by atoms with E-state index in [2.05, 4.69) is 22.1 Å². The lowest BCUT2D eigenvalue weighted by Gasteiger charge is -2.06. The minimum Gasteiger partial charge on any atom is -0.412 e. The zero-order valence-electron chi connectivity index (χ0n) is 8.27. The van der Waals surface area contributed by atoms with E-state index < -0.39 is 6.80 Å². The van der Waals surface area contributed by atoms with Crippen LogP contribution in [0.5, 0.6) is 0 Å². The first-order valence-corrected chi connectivity index (χ1v) is 6.40. The second-order valence-corrected chi connectivity index (χ2v) is 4.97. The van der Waals surface area contributed by atoms with Gasteiger partial charge < -0.3 is 32.4 Å². The highest BCUT2D eigenvalue weighted by atomic mass is 32.7. The van der Waals surface area contributed by atoms with E-state index in [1.54, 1.807) is 0 Å². The monoisotopic (exact) mass is 268 g/mol. The van der Waals surface area contributed by atoms with Crippen LogP contribution in [0.15, 0.2) is 0 Å². The van der Waals surface area contributed by atoms with Crippen LogP contribution in [0.1, 0.15) is 6.42 Å².